The zero-order valence-corrected chi connectivity index (χ0v) is 10.1. The Balaban J connectivity index is 2.15. The van der Waals surface area contributed by atoms with Crippen LogP contribution in [0.5, 0.6) is 0 Å². The maximum absolute atomic E-state index is 5.95. The number of anilines is 1. The molecule has 0 amide bonds. The first kappa shape index (κ1) is 11.3. The summed E-state index contributed by atoms with van der Waals surface area (Å²) in [5.41, 5.74) is 8.23. The van der Waals surface area contributed by atoms with E-state index in [1.54, 1.807) is 6.33 Å². The fraction of sp³-hybridized carbons (Fsp3) is 0.667. The fourth-order valence-corrected chi connectivity index (χ4v) is 1.99. The van der Waals surface area contributed by atoms with Gasteiger partial charge in [-0.15, -0.1) is 0 Å². The van der Waals surface area contributed by atoms with Crippen molar-refractivity contribution < 1.29 is 0 Å². The highest BCUT2D eigenvalue weighted by molar-refractivity contribution is 5.47. The molecule has 0 radical (unpaired) electrons. The van der Waals surface area contributed by atoms with Crippen molar-refractivity contribution in [1.82, 2.24) is 9.97 Å². The van der Waals surface area contributed by atoms with E-state index in [9.17, 15) is 0 Å². The lowest BCUT2D eigenvalue weighted by molar-refractivity contribution is 0.547. The number of hydrogen-bond acceptors (Lipinski definition) is 4. The van der Waals surface area contributed by atoms with Gasteiger partial charge in [-0.1, -0.05) is 0 Å². The molecule has 0 spiro atoms. The second-order valence-electron chi connectivity index (χ2n) is 5.20. The van der Waals surface area contributed by atoms with Gasteiger partial charge in [0.1, 0.15) is 12.1 Å². The van der Waals surface area contributed by atoms with Gasteiger partial charge in [-0.25, -0.2) is 9.97 Å². The zero-order chi connectivity index (χ0) is 11.6. The minimum absolute atomic E-state index is 0.216. The number of nitrogens with two attached hydrogens (primary N) is 1. The van der Waals surface area contributed by atoms with Crippen molar-refractivity contribution in [1.29, 1.82) is 0 Å². The Hall–Kier alpha value is -1.16. The van der Waals surface area contributed by atoms with Gasteiger partial charge in [0.2, 0.25) is 0 Å². The molecular formula is C12H20N4. The standard InChI is InChI=1S/C12H20N4/c1-12(2,13)7-14-11-9-5-3-4-6-10(9)15-8-16-11/h8H,3-7,13H2,1-2H3,(H,14,15,16). The smallest absolute Gasteiger partial charge is 0.132 e. The number of aromatic nitrogens is 2. The molecule has 0 saturated heterocycles. The molecule has 1 aromatic heterocycles. The first-order valence-electron chi connectivity index (χ1n) is 5.92. The van der Waals surface area contributed by atoms with E-state index in [0.717, 1.165) is 25.2 Å². The van der Waals surface area contributed by atoms with Crippen LogP contribution < -0.4 is 11.1 Å². The average molecular weight is 220 g/mol. The molecular weight excluding hydrogens is 200 g/mol. The van der Waals surface area contributed by atoms with Crippen molar-refractivity contribution in [3.8, 4) is 0 Å². The van der Waals surface area contributed by atoms with Gasteiger partial charge in [-0.3, -0.25) is 0 Å². The first-order chi connectivity index (χ1) is 7.56. The molecule has 0 aromatic carbocycles. The van der Waals surface area contributed by atoms with Crippen LogP contribution in [0.25, 0.3) is 0 Å². The number of nitrogens with one attached hydrogen (secondary N) is 1. The Morgan fingerprint density at radius 3 is 2.81 bits per heavy atom. The Kier molecular flexibility index (Phi) is 3.10. The van der Waals surface area contributed by atoms with Crippen molar-refractivity contribution in [3.63, 3.8) is 0 Å². The maximum Gasteiger partial charge on any atom is 0.132 e. The van der Waals surface area contributed by atoms with Gasteiger partial charge in [0.25, 0.3) is 0 Å². The first-order valence-corrected chi connectivity index (χ1v) is 5.92. The molecule has 1 heterocycles. The molecule has 1 aliphatic rings. The number of nitrogens with zero attached hydrogens (tertiary/aromatic N) is 2. The summed E-state index contributed by atoms with van der Waals surface area (Å²) < 4.78 is 0. The van der Waals surface area contributed by atoms with Crippen LogP contribution in [0.2, 0.25) is 0 Å². The van der Waals surface area contributed by atoms with Crippen LogP contribution in [0.1, 0.15) is 37.9 Å². The number of rotatable bonds is 3. The summed E-state index contributed by atoms with van der Waals surface area (Å²) in [6.45, 7) is 4.75. The second-order valence-corrected chi connectivity index (χ2v) is 5.20. The zero-order valence-electron chi connectivity index (χ0n) is 10.1. The molecule has 0 aliphatic heterocycles. The molecule has 2 rings (SSSR count). The van der Waals surface area contributed by atoms with Crippen LogP contribution in [0.3, 0.4) is 0 Å². The van der Waals surface area contributed by atoms with E-state index in [1.165, 1.54) is 24.1 Å². The normalized spacial score (nSPS) is 15.7. The quantitative estimate of drug-likeness (QED) is 0.810. The SMILES string of the molecule is CC(C)(N)CNc1ncnc2c1CCCC2. The van der Waals surface area contributed by atoms with E-state index in [2.05, 4.69) is 15.3 Å². The molecule has 0 saturated carbocycles. The summed E-state index contributed by atoms with van der Waals surface area (Å²) in [5.74, 6) is 0.975. The van der Waals surface area contributed by atoms with Gasteiger partial charge < -0.3 is 11.1 Å². The molecule has 16 heavy (non-hydrogen) atoms. The minimum Gasteiger partial charge on any atom is -0.368 e. The predicted molar refractivity (Wildman–Crippen MR) is 65.4 cm³/mol. The van der Waals surface area contributed by atoms with E-state index in [-0.39, 0.29) is 5.54 Å². The van der Waals surface area contributed by atoms with Crippen LogP contribution in [-0.2, 0) is 12.8 Å². The number of hydrogen-bond donors (Lipinski definition) is 2. The fourth-order valence-electron chi connectivity index (χ4n) is 1.99. The van der Waals surface area contributed by atoms with E-state index in [0.29, 0.717) is 0 Å². The summed E-state index contributed by atoms with van der Waals surface area (Å²) in [7, 11) is 0. The maximum atomic E-state index is 5.95. The Labute approximate surface area is 96.7 Å². The van der Waals surface area contributed by atoms with Crippen LogP contribution in [0.4, 0.5) is 5.82 Å². The summed E-state index contributed by atoms with van der Waals surface area (Å²) in [4.78, 5) is 8.66. The van der Waals surface area contributed by atoms with Crippen LogP contribution >= 0.6 is 0 Å². The van der Waals surface area contributed by atoms with Gasteiger partial charge in [0.05, 0.1) is 0 Å². The molecule has 1 aromatic rings. The molecule has 4 heteroatoms. The van der Waals surface area contributed by atoms with Gasteiger partial charge in [-0.2, -0.15) is 0 Å². The van der Waals surface area contributed by atoms with Crippen molar-refractivity contribution in [3.05, 3.63) is 17.6 Å². The molecule has 0 fully saturated rings. The monoisotopic (exact) mass is 220 g/mol. The topological polar surface area (TPSA) is 63.8 Å². The molecule has 0 bridgehead atoms. The van der Waals surface area contributed by atoms with Crippen molar-refractivity contribution in [2.75, 3.05) is 11.9 Å². The lowest BCUT2D eigenvalue weighted by atomic mass is 9.96. The third-order valence-electron chi connectivity index (χ3n) is 2.84. The van der Waals surface area contributed by atoms with E-state index in [1.807, 2.05) is 13.8 Å². The Morgan fingerprint density at radius 2 is 2.06 bits per heavy atom. The number of fused-ring (bicyclic) bond motifs is 1. The molecule has 0 atom stereocenters. The largest absolute Gasteiger partial charge is 0.368 e. The summed E-state index contributed by atoms with van der Waals surface area (Å²) >= 11 is 0. The van der Waals surface area contributed by atoms with Crippen LogP contribution in [0, 0.1) is 0 Å². The third kappa shape index (κ3) is 2.70. The lowest BCUT2D eigenvalue weighted by Crippen LogP contribution is -2.40. The van der Waals surface area contributed by atoms with E-state index < -0.39 is 0 Å². The second kappa shape index (κ2) is 4.37. The molecule has 88 valence electrons. The minimum atomic E-state index is -0.216. The van der Waals surface area contributed by atoms with Gasteiger partial charge in [0.15, 0.2) is 0 Å². The highest BCUT2D eigenvalue weighted by Gasteiger charge is 2.17. The van der Waals surface area contributed by atoms with E-state index >= 15 is 0 Å². The lowest BCUT2D eigenvalue weighted by Gasteiger charge is -2.22. The Bertz CT molecular complexity index is 368. The van der Waals surface area contributed by atoms with Crippen LogP contribution in [0.15, 0.2) is 6.33 Å². The predicted octanol–water partition coefficient (Wildman–Crippen LogP) is 1.50. The average Bonchev–Trinajstić information content (AvgIpc) is 2.25. The van der Waals surface area contributed by atoms with Crippen molar-refractivity contribution >= 4 is 5.82 Å². The highest BCUT2D eigenvalue weighted by Crippen LogP contribution is 2.24. The summed E-state index contributed by atoms with van der Waals surface area (Å²) in [6.07, 6.45) is 6.30. The summed E-state index contributed by atoms with van der Waals surface area (Å²) in [5, 5.41) is 3.34. The van der Waals surface area contributed by atoms with Gasteiger partial charge in [0, 0.05) is 23.3 Å². The molecule has 4 nitrogen and oxygen atoms in total. The van der Waals surface area contributed by atoms with Crippen molar-refractivity contribution in [2.24, 2.45) is 5.73 Å². The molecule has 3 N–H and O–H groups in total. The molecule has 1 aliphatic carbocycles. The summed E-state index contributed by atoms with van der Waals surface area (Å²) in [6, 6.07) is 0. The Morgan fingerprint density at radius 1 is 1.31 bits per heavy atom. The molecule has 0 unspecified atom stereocenters. The van der Waals surface area contributed by atoms with Gasteiger partial charge in [-0.05, 0) is 39.5 Å². The van der Waals surface area contributed by atoms with Gasteiger partial charge >= 0.3 is 0 Å². The van der Waals surface area contributed by atoms with Crippen LogP contribution in [-0.4, -0.2) is 22.1 Å². The third-order valence-corrected chi connectivity index (χ3v) is 2.84. The van der Waals surface area contributed by atoms with E-state index in [4.69, 9.17) is 5.73 Å². The number of aryl methyl sites for hydroxylation is 1. The van der Waals surface area contributed by atoms with Crippen molar-refractivity contribution in [2.45, 2.75) is 45.1 Å². The highest BCUT2D eigenvalue weighted by atomic mass is 15.0.